The second-order valence-electron chi connectivity index (χ2n) is 5.02. The van der Waals surface area contributed by atoms with Crippen molar-refractivity contribution in [3.8, 4) is 11.5 Å². The first-order chi connectivity index (χ1) is 10.5. The fourth-order valence-electron chi connectivity index (χ4n) is 2.27. The van der Waals surface area contributed by atoms with Crippen LogP contribution in [0.3, 0.4) is 0 Å². The van der Waals surface area contributed by atoms with Gasteiger partial charge < -0.3 is 9.47 Å². The van der Waals surface area contributed by atoms with Crippen molar-refractivity contribution in [1.82, 2.24) is 4.57 Å². The predicted molar refractivity (Wildman–Crippen MR) is 86.1 cm³/mol. The lowest BCUT2D eigenvalue weighted by Gasteiger charge is -2.09. The molecule has 0 saturated carbocycles. The molecular formula is C17H21N2O3+. The average molecular weight is 301 g/mol. The molecule has 116 valence electrons. The molecule has 1 heterocycles. The van der Waals surface area contributed by atoms with Crippen LogP contribution in [0.2, 0.25) is 0 Å². The third-order valence-electron chi connectivity index (χ3n) is 3.73. The maximum Gasteiger partial charge on any atom is 0.498 e. The van der Waals surface area contributed by atoms with Crippen molar-refractivity contribution in [3.63, 3.8) is 0 Å². The van der Waals surface area contributed by atoms with Crippen molar-refractivity contribution in [1.29, 1.82) is 0 Å². The zero-order valence-corrected chi connectivity index (χ0v) is 13.6. The molecule has 0 saturated heterocycles. The van der Waals surface area contributed by atoms with E-state index in [2.05, 4.69) is 0 Å². The molecule has 1 aromatic carbocycles. The lowest BCUT2D eigenvalue weighted by atomic mass is 10.1. The molecule has 0 aliphatic carbocycles. The standard InChI is InChI=1S/C17H21N2O3/c1-12-11-13(19(3)17(20)18(12)2)9-10-14-15(21-4)7-6-8-16(14)22-5/h6-11H,1-5H3/q+1. The fraction of sp³-hybridized carbons (Fsp3) is 0.294. The van der Waals surface area contributed by atoms with Gasteiger partial charge in [-0.2, -0.15) is 13.9 Å². The molecule has 0 atom stereocenters. The highest BCUT2D eigenvalue weighted by Gasteiger charge is 2.12. The number of aryl methyl sites for hydroxylation is 1. The average Bonchev–Trinajstić information content (AvgIpc) is 2.54. The molecule has 1 aromatic heterocycles. The summed E-state index contributed by atoms with van der Waals surface area (Å²) in [6.07, 6.45) is 3.78. The van der Waals surface area contributed by atoms with Crippen LogP contribution in [0.25, 0.3) is 12.2 Å². The number of hydrogen-bond acceptors (Lipinski definition) is 3. The highest BCUT2D eigenvalue weighted by Crippen LogP contribution is 2.29. The van der Waals surface area contributed by atoms with Crippen LogP contribution in [0.1, 0.15) is 17.0 Å². The molecule has 0 N–H and O–H groups in total. The molecule has 2 rings (SSSR count). The molecule has 2 aromatic rings. The Labute approximate surface area is 130 Å². The molecule has 0 spiro atoms. The Bertz CT molecular complexity index is 754. The van der Waals surface area contributed by atoms with Gasteiger partial charge >= 0.3 is 5.69 Å². The summed E-state index contributed by atoms with van der Waals surface area (Å²) in [7, 11) is 6.75. The van der Waals surface area contributed by atoms with Crippen LogP contribution in [0.4, 0.5) is 0 Å². The van der Waals surface area contributed by atoms with E-state index in [1.54, 1.807) is 37.4 Å². The Morgan fingerprint density at radius 1 is 1.14 bits per heavy atom. The molecule has 0 unspecified atom stereocenters. The molecule has 5 nitrogen and oxygen atoms in total. The van der Waals surface area contributed by atoms with Gasteiger partial charge in [-0.15, -0.1) is 0 Å². The van der Waals surface area contributed by atoms with Gasteiger partial charge in [-0.05, 0) is 31.2 Å². The maximum atomic E-state index is 12.1. The van der Waals surface area contributed by atoms with Crippen molar-refractivity contribution in [2.45, 2.75) is 6.92 Å². The summed E-state index contributed by atoms with van der Waals surface area (Å²) in [4.78, 5) is 12.1. The van der Waals surface area contributed by atoms with Gasteiger partial charge in [0.1, 0.15) is 22.9 Å². The van der Waals surface area contributed by atoms with Gasteiger partial charge in [0.05, 0.1) is 33.9 Å². The van der Waals surface area contributed by atoms with Crippen LogP contribution in [0, 0.1) is 6.92 Å². The van der Waals surface area contributed by atoms with Crippen molar-refractivity contribution in [3.05, 3.63) is 51.7 Å². The van der Waals surface area contributed by atoms with Crippen molar-refractivity contribution in [2.75, 3.05) is 14.2 Å². The van der Waals surface area contributed by atoms with E-state index in [0.717, 1.165) is 28.5 Å². The number of hydrogen-bond donors (Lipinski definition) is 0. The van der Waals surface area contributed by atoms with Crippen molar-refractivity contribution >= 4 is 12.2 Å². The molecule has 0 aliphatic heterocycles. The van der Waals surface area contributed by atoms with Crippen molar-refractivity contribution < 1.29 is 14.0 Å². The topological polar surface area (TPSA) is 44.3 Å². The largest absolute Gasteiger partial charge is 0.498 e. The van der Waals surface area contributed by atoms with E-state index in [1.807, 2.05) is 43.3 Å². The quantitative estimate of drug-likeness (QED) is 0.808. The SMILES string of the molecule is COc1cccc(OC)c1C=Cc1cc(C)n(C)c(=O)[n+]1C. The van der Waals surface area contributed by atoms with Gasteiger partial charge in [-0.25, -0.2) is 0 Å². The summed E-state index contributed by atoms with van der Waals surface area (Å²) in [6, 6.07) is 7.58. The number of methoxy groups -OCH3 is 2. The minimum absolute atomic E-state index is 0.0633. The molecule has 0 radical (unpaired) electrons. The number of aromatic nitrogens is 2. The van der Waals surface area contributed by atoms with E-state index in [1.165, 1.54) is 0 Å². The second-order valence-corrected chi connectivity index (χ2v) is 5.02. The summed E-state index contributed by atoms with van der Waals surface area (Å²) in [5.74, 6) is 1.44. The third kappa shape index (κ3) is 2.88. The van der Waals surface area contributed by atoms with Gasteiger partial charge in [0, 0.05) is 6.07 Å². The van der Waals surface area contributed by atoms with Crippen molar-refractivity contribution in [2.24, 2.45) is 14.1 Å². The molecular weight excluding hydrogens is 280 g/mol. The van der Waals surface area contributed by atoms with Crippen LogP contribution >= 0.6 is 0 Å². The molecule has 0 bridgehead atoms. The molecule has 0 fully saturated rings. The fourth-order valence-corrected chi connectivity index (χ4v) is 2.27. The molecule has 22 heavy (non-hydrogen) atoms. The Morgan fingerprint density at radius 2 is 1.73 bits per heavy atom. The van der Waals surface area contributed by atoms with Gasteiger partial charge in [0.2, 0.25) is 0 Å². The van der Waals surface area contributed by atoms with Crippen LogP contribution in [0.5, 0.6) is 11.5 Å². The number of rotatable bonds is 4. The third-order valence-corrected chi connectivity index (χ3v) is 3.73. The van der Waals surface area contributed by atoms with Crippen LogP contribution < -0.4 is 19.7 Å². The highest BCUT2D eigenvalue weighted by molar-refractivity contribution is 5.74. The summed E-state index contributed by atoms with van der Waals surface area (Å²) in [5.41, 5.74) is 2.49. The van der Waals surface area contributed by atoms with E-state index in [9.17, 15) is 4.79 Å². The zero-order valence-electron chi connectivity index (χ0n) is 13.6. The number of benzene rings is 1. The lowest BCUT2D eigenvalue weighted by molar-refractivity contribution is -0.692. The Balaban J connectivity index is 2.53. The van der Waals surface area contributed by atoms with E-state index in [4.69, 9.17) is 9.47 Å². The predicted octanol–water partition coefficient (Wildman–Crippen LogP) is 1.71. The second kappa shape index (κ2) is 6.47. The van der Waals surface area contributed by atoms with Gasteiger partial charge in [0.25, 0.3) is 0 Å². The Kier molecular flexibility index (Phi) is 4.65. The smallest absolute Gasteiger partial charge is 0.496 e. The Hall–Kier alpha value is -2.56. The van der Waals surface area contributed by atoms with Gasteiger partial charge in [-0.1, -0.05) is 6.07 Å². The summed E-state index contributed by atoms with van der Waals surface area (Å²) in [6.45, 7) is 1.91. The van der Waals surface area contributed by atoms with E-state index in [0.29, 0.717) is 0 Å². The van der Waals surface area contributed by atoms with Crippen LogP contribution in [-0.2, 0) is 14.1 Å². The van der Waals surface area contributed by atoms with Gasteiger partial charge in [0.15, 0.2) is 0 Å². The van der Waals surface area contributed by atoms with E-state index < -0.39 is 0 Å². The Morgan fingerprint density at radius 3 is 2.27 bits per heavy atom. The van der Waals surface area contributed by atoms with Crippen LogP contribution in [-0.4, -0.2) is 18.8 Å². The number of nitrogens with zero attached hydrogens (tertiary/aromatic N) is 2. The summed E-state index contributed by atoms with van der Waals surface area (Å²) in [5, 5.41) is 0. The highest BCUT2D eigenvalue weighted by atomic mass is 16.5. The zero-order chi connectivity index (χ0) is 16.3. The minimum Gasteiger partial charge on any atom is -0.496 e. The van der Waals surface area contributed by atoms with E-state index in [-0.39, 0.29) is 5.69 Å². The summed E-state index contributed by atoms with van der Waals surface area (Å²) >= 11 is 0. The number of ether oxygens (including phenoxy) is 2. The van der Waals surface area contributed by atoms with Crippen LogP contribution in [0.15, 0.2) is 29.1 Å². The maximum absolute atomic E-state index is 12.1. The minimum atomic E-state index is -0.0633. The molecule has 5 heteroatoms. The first kappa shape index (κ1) is 15.8. The first-order valence-electron chi connectivity index (χ1n) is 6.95. The normalized spacial score (nSPS) is 11.0. The first-order valence-corrected chi connectivity index (χ1v) is 6.95. The molecule has 0 amide bonds. The monoisotopic (exact) mass is 301 g/mol. The molecule has 0 aliphatic rings. The van der Waals surface area contributed by atoms with E-state index >= 15 is 0 Å². The van der Waals surface area contributed by atoms with Gasteiger partial charge in [-0.3, -0.25) is 0 Å². The summed E-state index contributed by atoms with van der Waals surface area (Å²) < 4.78 is 14.0. The lowest BCUT2D eigenvalue weighted by Crippen LogP contribution is -2.53.